The van der Waals surface area contributed by atoms with Crippen molar-refractivity contribution in [3.05, 3.63) is 16.7 Å². The third-order valence-corrected chi connectivity index (χ3v) is 8.68. The van der Waals surface area contributed by atoms with E-state index in [-0.39, 0.29) is 17.1 Å². The van der Waals surface area contributed by atoms with E-state index in [1.165, 1.54) is 0 Å². The molecule has 0 bridgehead atoms. The van der Waals surface area contributed by atoms with Crippen LogP contribution in [0.4, 0.5) is 5.95 Å². The number of aromatic nitrogens is 4. The summed E-state index contributed by atoms with van der Waals surface area (Å²) >= 11 is 0. The molecule has 12 N–H and O–H groups in total. The average Bonchev–Trinajstić information content (AvgIpc) is 3.42. The molecule has 24 heteroatoms. The van der Waals surface area contributed by atoms with Gasteiger partial charge in [0.25, 0.3) is 5.56 Å². The zero-order chi connectivity index (χ0) is 30.4. The maximum absolute atomic E-state index is 12.4. The minimum Gasteiger partial charge on any atom is -0.394 e. The van der Waals surface area contributed by atoms with E-state index in [1.807, 2.05) is 0 Å². The van der Waals surface area contributed by atoms with Crippen LogP contribution in [0, 0.1) is 0 Å². The van der Waals surface area contributed by atoms with Crippen molar-refractivity contribution in [3.63, 3.8) is 0 Å². The van der Waals surface area contributed by atoms with Crippen molar-refractivity contribution in [3.8, 4) is 0 Å². The topological polar surface area (TPSA) is 352 Å². The van der Waals surface area contributed by atoms with Crippen LogP contribution in [0.5, 0.6) is 0 Å². The Morgan fingerprint density at radius 3 is 2.39 bits per heavy atom. The number of ether oxygens (including phenoxy) is 2. The third kappa shape index (κ3) is 6.68. The van der Waals surface area contributed by atoms with Crippen molar-refractivity contribution >= 4 is 32.8 Å². The van der Waals surface area contributed by atoms with Crippen molar-refractivity contribution in [2.24, 2.45) is 0 Å². The van der Waals surface area contributed by atoms with Gasteiger partial charge >= 0.3 is 15.6 Å². The highest BCUT2D eigenvalue weighted by atomic mass is 31.3. The van der Waals surface area contributed by atoms with Crippen molar-refractivity contribution in [2.45, 2.75) is 61.3 Å². The highest BCUT2D eigenvalue weighted by Gasteiger charge is 2.51. The zero-order valence-corrected chi connectivity index (χ0v) is 22.2. The van der Waals surface area contributed by atoms with Gasteiger partial charge in [0.05, 0.1) is 19.5 Å². The van der Waals surface area contributed by atoms with Crippen LogP contribution in [0.25, 0.3) is 11.2 Å². The van der Waals surface area contributed by atoms with Gasteiger partial charge in [0.15, 0.2) is 23.7 Å². The minimum atomic E-state index is -5.69. The molecule has 0 aromatic carbocycles. The fourth-order valence-corrected chi connectivity index (χ4v) is 6.24. The molecule has 232 valence electrons. The maximum atomic E-state index is 12.4. The number of fused-ring (bicyclic) bond motifs is 1. The lowest BCUT2D eigenvalue weighted by molar-refractivity contribution is -0.292. The molecule has 0 spiro atoms. The average molecular weight is 635 g/mol. The number of nitrogens with two attached hydrogens (primary N) is 1. The molecule has 4 heterocycles. The highest BCUT2D eigenvalue weighted by molar-refractivity contribution is 7.61. The number of phosphoric acid groups is 2. The van der Waals surface area contributed by atoms with Gasteiger partial charge in [-0.25, -0.2) is 14.1 Å². The van der Waals surface area contributed by atoms with Gasteiger partial charge in [-0.15, -0.1) is 0 Å². The number of aliphatic hydroxyl groups is 7. The lowest BCUT2D eigenvalue weighted by atomic mass is 9.96. The number of rotatable bonds is 10. The Kier molecular flexibility index (Phi) is 9.34. The summed E-state index contributed by atoms with van der Waals surface area (Å²) in [6.45, 7) is -2.02. The molecule has 0 saturated carbocycles. The largest absolute Gasteiger partial charge is 0.483 e. The van der Waals surface area contributed by atoms with E-state index in [2.05, 4.69) is 28.3 Å². The second-order valence-corrected chi connectivity index (χ2v) is 11.9. The Labute approximate surface area is 227 Å². The van der Waals surface area contributed by atoms with Gasteiger partial charge in [-0.05, 0) is 0 Å². The summed E-state index contributed by atoms with van der Waals surface area (Å²) in [5.74, 6) is -0.289. The molecular formula is C17H27N5O17P2. The number of nitrogens with one attached hydrogen (secondary N) is 1. The van der Waals surface area contributed by atoms with Crippen LogP contribution in [-0.2, 0) is 32.0 Å². The molecule has 2 aliphatic heterocycles. The molecule has 0 radical (unpaired) electrons. The summed E-state index contributed by atoms with van der Waals surface area (Å²) in [5, 5.41) is 69.3. The number of aromatic amines is 1. The summed E-state index contributed by atoms with van der Waals surface area (Å²) in [4.78, 5) is 41.8. The fraction of sp³-hybridized carbons (Fsp3) is 0.706. The molecule has 2 aromatic heterocycles. The van der Waals surface area contributed by atoms with Crippen molar-refractivity contribution < 1.29 is 77.5 Å². The molecule has 0 aliphatic carbocycles. The van der Waals surface area contributed by atoms with Crippen LogP contribution in [0.1, 0.15) is 6.23 Å². The number of anilines is 1. The van der Waals surface area contributed by atoms with Gasteiger partial charge in [-0.2, -0.15) is 9.29 Å². The molecule has 12 atom stereocenters. The van der Waals surface area contributed by atoms with Crippen LogP contribution < -0.4 is 11.3 Å². The second-order valence-electron chi connectivity index (χ2n) is 8.93. The molecular weight excluding hydrogens is 608 g/mol. The van der Waals surface area contributed by atoms with Gasteiger partial charge in [0.1, 0.15) is 48.8 Å². The Balaban J connectivity index is 1.40. The summed E-state index contributed by atoms with van der Waals surface area (Å²) in [6.07, 6.45) is -17.7. The van der Waals surface area contributed by atoms with E-state index in [1.54, 1.807) is 0 Å². The van der Waals surface area contributed by atoms with Gasteiger partial charge < -0.3 is 60.7 Å². The summed E-state index contributed by atoms with van der Waals surface area (Å²) in [7, 11) is -11.2. The first-order chi connectivity index (χ1) is 19.0. The van der Waals surface area contributed by atoms with Gasteiger partial charge in [0.2, 0.25) is 5.95 Å². The second kappa shape index (κ2) is 12.0. The number of H-pyrrole nitrogens is 1. The standard InChI is InChI=1S/C17H27N5O17P2/c18-17-20-13-6(14(30)21-17)19-3-22(13)15-10(28)7(25)5(36-15)2-35-40(31,32)39-41(33,34)38-16-11(29)8(26)9(27)12(37-16)4(24)1-23/h3-5,7-12,15-16,23-29H,1-2H2,(H,31,32)(H,33,34)(H3,18,20,21,30)/t4-,5-,7-,8-,9-,10-,11+,12+,15-,16-/m1/s1. The van der Waals surface area contributed by atoms with Crippen molar-refractivity contribution in [2.75, 3.05) is 18.9 Å². The SMILES string of the molecule is Nc1nc2c(ncn2[C@@H]2O[C@H](COP(=O)(O)OP(=O)(O)O[C@H]3O[C@@H]([C@H](O)CO)[C@H](O)[C@@H](O)[C@@H]3O)[C@@H](O)[C@H]2O)c(=O)[nH]1. The number of imidazole rings is 1. The lowest BCUT2D eigenvalue weighted by Crippen LogP contribution is -2.61. The van der Waals surface area contributed by atoms with E-state index in [4.69, 9.17) is 20.3 Å². The van der Waals surface area contributed by atoms with E-state index < -0.39 is 95.8 Å². The Morgan fingerprint density at radius 1 is 1.05 bits per heavy atom. The van der Waals surface area contributed by atoms with Crippen molar-refractivity contribution in [1.82, 2.24) is 19.5 Å². The smallest absolute Gasteiger partial charge is 0.394 e. The fourth-order valence-electron chi connectivity index (χ4n) is 4.08. The monoisotopic (exact) mass is 635 g/mol. The van der Waals surface area contributed by atoms with E-state index in [9.17, 15) is 54.4 Å². The first-order valence-electron chi connectivity index (χ1n) is 11.5. The predicted octanol–water partition coefficient (Wildman–Crippen LogP) is -5.27. The highest BCUT2D eigenvalue weighted by Crippen LogP contribution is 2.61. The quantitative estimate of drug-likeness (QED) is 0.109. The molecule has 41 heavy (non-hydrogen) atoms. The molecule has 2 aromatic rings. The molecule has 2 saturated heterocycles. The number of hydrogen-bond donors (Lipinski definition) is 11. The van der Waals surface area contributed by atoms with Crippen LogP contribution in [0.3, 0.4) is 0 Å². The number of aliphatic hydroxyl groups excluding tert-OH is 7. The summed E-state index contributed by atoms with van der Waals surface area (Å²) < 4.78 is 49.3. The summed E-state index contributed by atoms with van der Waals surface area (Å²) in [5.41, 5.74) is 4.51. The number of phosphoric ester groups is 2. The third-order valence-electron chi connectivity index (χ3n) is 6.08. The molecule has 22 nitrogen and oxygen atoms in total. The molecule has 2 aliphatic rings. The van der Waals surface area contributed by atoms with Crippen LogP contribution in [0.2, 0.25) is 0 Å². The number of hydrogen-bond acceptors (Lipinski definition) is 18. The van der Waals surface area contributed by atoms with Gasteiger partial charge in [-0.1, -0.05) is 0 Å². The molecule has 4 rings (SSSR count). The van der Waals surface area contributed by atoms with E-state index in [0.717, 1.165) is 10.9 Å². The van der Waals surface area contributed by atoms with Crippen molar-refractivity contribution in [1.29, 1.82) is 0 Å². The molecule has 0 amide bonds. The van der Waals surface area contributed by atoms with Crippen LogP contribution in [-0.4, -0.2) is 133 Å². The molecule has 2 fully saturated rings. The normalized spacial score (nSPS) is 36.2. The Morgan fingerprint density at radius 2 is 1.73 bits per heavy atom. The first kappa shape index (κ1) is 32.0. The van der Waals surface area contributed by atoms with E-state index in [0.29, 0.717) is 0 Å². The number of nitrogens with zero attached hydrogens (tertiary/aromatic N) is 3. The maximum Gasteiger partial charge on any atom is 0.483 e. The van der Waals surface area contributed by atoms with E-state index >= 15 is 0 Å². The lowest BCUT2D eigenvalue weighted by Gasteiger charge is -2.41. The van der Waals surface area contributed by atoms with Gasteiger partial charge in [-0.3, -0.25) is 23.4 Å². The number of nitrogen functional groups attached to an aromatic ring is 1. The van der Waals surface area contributed by atoms with Gasteiger partial charge in [0, 0.05) is 0 Å². The zero-order valence-electron chi connectivity index (χ0n) is 20.4. The molecule has 2 unspecified atom stereocenters. The van der Waals surface area contributed by atoms with Crippen LogP contribution >= 0.6 is 15.6 Å². The minimum absolute atomic E-state index is 0.128. The first-order valence-corrected chi connectivity index (χ1v) is 14.5. The summed E-state index contributed by atoms with van der Waals surface area (Å²) in [6, 6.07) is 0. The Bertz CT molecular complexity index is 1390. The van der Waals surface area contributed by atoms with Crippen LogP contribution in [0.15, 0.2) is 11.1 Å². The Hall–Kier alpha value is -1.95. The predicted molar refractivity (Wildman–Crippen MR) is 126 cm³/mol.